The lowest BCUT2D eigenvalue weighted by atomic mass is 10.2. The molecule has 0 aliphatic rings. The van der Waals surface area contributed by atoms with Crippen molar-refractivity contribution in [2.24, 2.45) is 0 Å². The molecular weight excluding hydrogens is 425 g/mol. The van der Waals surface area contributed by atoms with Crippen LogP contribution in [0.25, 0.3) is 17.1 Å². The highest BCUT2D eigenvalue weighted by molar-refractivity contribution is 8.00. The third-order valence-electron chi connectivity index (χ3n) is 4.71. The van der Waals surface area contributed by atoms with Gasteiger partial charge in [0, 0.05) is 11.3 Å². The van der Waals surface area contributed by atoms with Gasteiger partial charge in [-0.3, -0.25) is 9.36 Å². The molecule has 0 saturated heterocycles. The Kier molecular flexibility index (Phi) is 6.29. The normalized spacial score (nSPS) is 11.5. The van der Waals surface area contributed by atoms with Crippen molar-refractivity contribution in [1.29, 1.82) is 5.26 Å². The van der Waals surface area contributed by atoms with Crippen molar-refractivity contribution in [3.05, 3.63) is 90.2 Å². The molecule has 0 fully saturated rings. The second kappa shape index (κ2) is 9.45. The number of hydrogen-bond acceptors (Lipinski definition) is 5. The number of halogens is 1. The van der Waals surface area contributed by atoms with Gasteiger partial charge in [-0.1, -0.05) is 42.1 Å². The molecule has 0 aliphatic heterocycles. The van der Waals surface area contributed by atoms with Gasteiger partial charge in [0.15, 0.2) is 11.0 Å². The minimum absolute atomic E-state index is 0.261. The number of rotatable bonds is 6. The summed E-state index contributed by atoms with van der Waals surface area (Å²) < 4.78 is 15.3. The lowest BCUT2D eigenvalue weighted by Crippen LogP contribution is -2.23. The smallest absolute Gasteiger partial charge is 0.237 e. The van der Waals surface area contributed by atoms with Crippen molar-refractivity contribution in [2.75, 3.05) is 5.32 Å². The number of hydrogen-bond donors (Lipinski definition) is 1. The maximum absolute atomic E-state index is 13.4. The summed E-state index contributed by atoms with van der Waals surface area (Å²) in [6.07, 6.45) is 0. The molecule has 158 valence electrons. The fraction of sp³-hybridized carbons (Fsp3) is 0.0833. The second-order valence-electron chi connectivity index (χ2n) is 6.89. The monoisotopic (exact) mass is 443 g/mol. The number of aromatic nitrogens is 3. The van der Waals surface area contributed by atoms with E-state index in [1.165, 1.54) is 23.9 Å². The second-order valence-corrected chi connectivity index (χ2v) is 8.20. The quantitative estimate of drug-likeness (QED) is 0.421. The van der Waals surface area contributed by atoms with Crippen molar-refractivity contribution in [2.45, 2.75) is 17.3 Å². The SMILES string of the molecule is CC(Sc1nnc(-c2ccc(F)cc2)n1-c1ccccc1)C(=O)Nc1ccccc1C#N. The first-order valence-electron chi connectivity index (χ1n) is 9.80. The average Bonchev–Trinajstić information content (AvgIpc) is 3.23. The van der Waals surface area contributed by atoms with E-state index in [9.17, 15) is 14.4 Å². The average molecular weight is 444 g/mol. The molecular formula is C24H18FN5OS. The van der Waals surface area contributed by atoms with Crippen LogP contribution in [0.5, 0.6) is 0 Å². The Hall–Kier alpha value is -3.96. The molecule has 1 heterocycles. The first kappa shape index (κ1) is 21.3. The van der Waals surface area contributed by atoms with E-state index in [1.54, 1.807) is 43.3 Å². The summed E-state index contributed by atoms with van der Waals surface area (Å²) in [5, 5.41) is 20.7. The van der Waals surface area contributed by atoms with Gasteiger partial charge in [0.25, 0.3) is 0 Å². The van der Waals surface area contributed by atoms with Crippen LogP contribution in [-0.2, 0) is 4.79 Å². The van der Waals surface area contributed by atoms with Crippen LogP contribution in [0.3, 0.4) is 0 Å². The van der Waals surface area contributed by atoms with Gasteiger partial charge < -0.3 is 5.32 Å². The molecule has 32 heavy (non-hydrogen) atoms. The highest BCUT2D eigenvalue weighted by Gasteiger charge is 2.22. The van der Waals surface area contributed by atoms with Gasteiger partial charge in [0.05, 0.1) is 16.5 Å². The zero-order chi connectivity index (χ0) is 22.5. The number of carbonyl (C=O) groups is 1. The number of carbonyl (C=O) groups excluding carboxylic acids is 1. The van der Waals surface area contributed by atoms with Gasteiger partial charge in [-0.15, -0.1) is 10.2 Å². The minimum atomic E-state index is -0.519. The van der Waals surface area contributed by atoms with Crippen molar-refractivity contribution in [3.63, 3.8) is 0 Å². The minimum Gasteiger partial charge on any atom is -0.324 e. The van der Waals surface area contributed by atoms with Crippen LogP contribution in [-0.4, -0.2) is 25.9 Å². The van der Waals surface area contributed by atoms with Crippen LogP contribution in [0.15, 0.2) is 84.0 Å². The highest BCUT2D eigenvalue weighted by atomic mass is 32.2. The van der Waals surface area contributed by atoms with E-state index in [1.807, 2.05) is 34.9 Å². The number of nitriles is 1. The molecule has 0 radical (unpaired) electrons. The lowest BCUT2D eigenvalue weighted by Gasteiger charge is -2.14. The number of para-hydroxylation sites is 2. The largest absolute Gasteiger partial charge is 0.324 e. The Balaban J connectivity index is 1.64. The number of benzene rings is 3. The highest BCUT2D eigenvalue weighted by Crippen LogP contribution is 2.30. The van der Waals surface area contributed by atoms with Crippen LogP contribution in [0, 0.1) is 17.1 Å². The van der Waals surface area contributed by atoms with Crippen LogP contribution in [0.4, 0.5) is 10.1 Å². The van der Waals surface area contributed by atoms with E-state index in [-0.39, 0.29) is 11.7 Å². The molecule has 0 aliphatic carbocycles. The maximum Gasteiger partial charge on any atom is 0.237 e. The van der Waals surface area contributed by atoms with Gasteiger partial charge in [-0.2, -0.15) is 5.26 Å². The molecule has 8 heteroatoms. The predicted octanol–water partition coefficient (Wildman–Crippen LogP) is 5.06. The summed E-state index contributed by atoms with van der Waals surface area (Å²) in [7, 11) is 0. The predicted molar refractivity (Wildman–Crippen MR) is 122 cm³/mol. The summed E-state index contributed by atoms with van der Waals surface area (Å²) in [6, 6.07) is 24.4. The van der Waals surface area contributed by atoms with Crippen LogP contribution in [0.1, 0.15) is 12.5 Å². The van der Waals surface area contributed by atoms with Crippen molar-refractivity contribution in [3.8, 4) is 23.1 Å². The number of thioether (sulfide) groups is 1. The maximum atomic E-state index is 13.4. The zero-order valence-corrected chi connectivity index (χ0v) is 17.9. The van der Waals surface area contributed by atoms with Crippen molar-refractivity contribution < 1.29 is 9.18 Å². The summed E-state index contributed by atoms with van der Waals surface area (Å²) in [4.78, 5) is 12.8. The van der Waals surface area contributed by atoms with Crippen LogP contribution in [0.2, 0.25) is 0 Å². The molecule has 1 unspecified atom stereocenters. The molecule has 0 bridgehead atoms. The van der Waals surface area contributed by atoms with Crippen molar-refractivity contribution in [1.82, 2.24) is 14.8 Å². The van der Waals surface area contributed by atoms with Gasteiger partial charge in [-0.05, 0) is 55.5 Å². The Bertz CT molecular complexity index is 1280. The van der Waals surface area contributed by atoms with Gasteiger partial charge >= 0.3 is 0 Å². The molecule has 1 aromatic heterocycles. The topological polar surface area (TPSA) is 83.6 Å². The first-order valence-corrected chi connectivity index (χ1v) is 10.7. The van der Waals surface area contributed by atoms with Gasteiger partial charge in [0.1, 0.15) is 11.9 Å². The zero-order valence-electron chi connectivity index (χ0n) is 17.1. The number of amides is 1. The van der Waals surface area contributed by atoms with E-state index in [0.717, 1.165) is 5.69 Å². The van der Waals surface area contributed by atoms with Crippen molar-refractivity contribution >= 4 is 23.4 Å². The fourth-order valence-electron chi connectivity index (χ4n) is 3.08. The van der Waals surface area contributed by atoms with E-state index in [4.69, 9.17) is 0 Å². The Morgan fingerprint density at radius 3 is 2.44 bits per heavy atom. The summed E-state index contributed by atoms with van der Waals surface area (Å²) in [5.41, 5.74) is 2.38. The van der Waals surface area contributed by atoms with Gasteiger partial charge in [-0.25, -0.2) is 4.39 Å². The Labute approximate surface area is 188 Å². The van der Waals surface area contributed by atoms with Gasteiger partial charge in [0.2, 0.25) is 5.91 Å². The molecule has 0 spiro atoms. The molecule has 1 amide bonds. The third kappa shape index (κ3) is 4.53. The van der Waals surface area contributed by atoms with Crippen LogP contribution >= 0.6 is 11.8 Å². The summed E-state index contributed by atoms with van der Waals surface area (Å²) in [5.74, 6) is -0.0538. The summed E-state index contributed by atoms with van der Waals surface area (Å²) in [6.45, 7) is 1.76. The number of anilines is 1. The van der Waals surface area contributed by atoms with E-state index in [2.05, 4.69) is 21.6 Å². The molecule has 1 N–H and O–H groups in total. The molecule has 4 aromatic rings. The standard InChI is InChI=1S/C24H18FN5OS/c1-16(23(31)27-21-10-6-5-7-18(21)15-26)32-24-29-28-22(17-11-13-19(25)14-12-17)30(24)20-8-3-2-4-9-20/h2-14,16H,1H3,(H,27,31). The first-order chi connectivity index (χ1) is 15.6. The van der Waals surface area contributed by atoms with E-state index in [0.29, 0.717) is 27.8 Å². The molecule has 0 saturated carbocycles. The molecule has 3 aromatic carbocycles. The molecule has 1 atom stereocenters. The number of nitrogens with zero attached hydrogens (tertiary/aromatic N) is 4. The lowest BCUT2D eigenvalue weighted by molar-refractivity contribution is -0.115. The Morgan fingerprint density at radius 1 is 1.03 bits per heavy atom. The molecule has 6 nitrogen and oxygen atoms in total. The summed E-state index contributed by atoms with van der Waals surface area (Å²) >= 11 is 1.24. The fourth-order valence-corrected chi connectivity index (χ4v) is 3.95. The number of nitrogens with one attached hydrogen (secondary N) is 1. The molecule has 4 rings (SSSR count). The van der Waals surface area contributed by atoms with E-state index < -0.39 is 5.25 Å². The van der Waals surface area contributed by atoms with Crippen LogP contribution < -0.4 is 5.32 Å². The third-order valence-corrected chi connectivity index (χ3v) is 5.75. The van der Waals surface area contributed by atoms with E-state index >= 15 is 0 Å². The Morgan fingerprint density at radius 2 is 1.72 bits per heavy atom.